The molecule has 4 aromatic carbocycles. The highest BCUT2D eigenvalue weighted by atomic mass is 16.1. The molecule has 1 heteroatoms. The Hall–Kier alpha value is -3.19. The van der Waals surface area contributed by atoms with Crippen molar-refractivity contribution < 1.29 is 4.79 Å². The highest BCUT2D eigenvalue weighted by Crippen LogP contribution is 2.30. The maximum absolute atomic E-state index is 12.1. The van der Waals surface area contributed by atoms with Crippen LogP contribution in [0.5, 0.6) is 0 Å². The van der Waals surface area contributed by atoms with Crippen LogP contribution in [-0.4, -0.2) is 5.78 Å². The molecule has 0 unspecified atom stereocenters. The van der Waals surface area contributed by atoms with E-state index in [1.54, 1.807) is 6.92 Å². The molecule has 4 aromatic rings. The number of rotatable bonds is 3. The molecule has 4 rings (SSSR count). The van der Waals surface area contributed by atoms with Crippen molar-refractivity contribution in [2.75, 3.05) is 0 Å². The Morgan fingerprint density at radius 2 is 1.21 bits per heavy atom. The van der Waals surface area contributed by atoms with E-state index in [1.165, 1.54) is 22.3 Å². The van der Waals surface area contributed by atoms with Crippen molar-refractivity contribution in [2.24, 2.45) is 0 Å². The minimum absolute atomic E-state index is 0.0970. The van der Waals surface area contributed by atoms with Crippen LogP contribution in [0.4, 0.5) is 0 Å². The van der Waals surface area contributed by atoms with Crippen molar-refractivity contribution in [3.8, 4) is 22.3 Å². The molecule has 0 aliphatic heterocycles. The monoisotopic (exact) mass is 380 g/mol. The second kappa shape index (κ2) is 8.87. The van der Waals surface area contributed by atoms with Gasteiger partial charge in [0.15, 0.2) is 5.78 Å². The third kappa shape index (κ3) is 4.30. The molecule has 0 saturated heterocycles. The van der Waals surface area contributed by atoms with E-state index in [9.17, 15) is 4.79 Å². The zero-order valence-electron chi connectivity index (χ0n) is 17.9. The summed E-state index contributed by atoms with van der Waals surface area (Å²) in [5.74, 6) is 0.0970. The first kappa shape index (κ1) is 20.5. The quantitative estimate of drug-likeness (QED) is 0.329. The van der Waals surface area contributed by atoms with Gasteiger partial charge in [0.1, 0.15) is 0 Å². The predicted octanol–water partition coefficient (Wildman–Crippen LogP) is 8.02. The van der Waals surface area contributed by atoms with Crippen LogP contribution in [0.25, 0.3) is 33.0 Å². The van der Waals surface area contributed by atoms with Crippen molar-refractivity contribution in [3.63, 3.8) is 0 Å². The molecule has 29 heavy (non-hydrogen) atoms. The Morgan fingerprint density at radius 1 is 0.621 bits per heavy atom. The molecule has 0 atom stereocenters. The number of carbonyl (C=O) groups is 1. The molecule has 0 fully saturated rings. The average Bonchev–Trinajstić information content (AvgIpc) is 2.76. The molecule has 0 spiro atoms. The summed E-state index contributed by atoms with van der Waals surface area (Å²) in [7, 11) is 0. The van der Waals surface area contributed by atoms with Gasteiger partial charge in [-0.25, -0.2) is 0 Å². The Kier molecular flexibility index (Phi) is 6.29. The zero-order valence-corrected chi connectivity index (χ0v) is 17.9. The molecule has 0 aromatic heterocycles. The van der Waals surface area contributed by atoms with Gasteiger partial charge < -0.3 is 0 Å². The first-order chi connectivity index (χ1) is 14.0. The second-order valence-corrected chi connectivity index (χ2v) is 7.18. The fourth-order valence-corrected chi connectivity index (χ4v) is 3.54. The number of ketones is 1. The fraction of sp³-hybridized carbons (Fsp3) is 0.179. The van der Waals surface area contributed by atoms with Crippen LogP contribution in [0.2, 0.25) is 0 Å². The summed E-state index contributed by atoms with van der Waals surface area (Å²) in [5.41, 5.74) is 8.02. The fourth-order valence-electron chi connectivity index (χ4n) is 3.54. The summed E-state index contributed by atoms with van der Waals surface area (Å²) < 4.78 is 0. The van der Waals surface area contributed by atoms with Crippen molar-refractivity contribution in [2.45, 2.75) is 34.6 Å². The van der Waals surface area contributed by atoms with Crippen molar-refractivity contribution in [1.29, 1.82) is 0 Å². The molecule has 0 bridgehead atoms. The van der Waals surface area contributed by atoms with Gasteiger partial charge in [-0.3, -0.25) is 4.79 Å². The van der Waals surface area contributed by atoms with Crippen LogP contribution in [0.15, 0.2) is 78.9 Å². The van der Waals surface area contributed by atoms with E-state index in [0.29, 0.717) is 0 Å². The van der Waals surface area contributed by atoms with E-state index in [4.69, 9.17) is 0 Å². The van der Waals surface area contributed by atoms with Gasteiger partial charge in [0.05, 0.1) is 0 Å². The Balaban J connectivity index is 0.00000117. The summed E-state index contributed by atoms with van der Waals surface area (Å²) in [6.07, 6.45) is 0. The number of Topliss-reactive ketones (excluding diaryl/α,β-unsaturated/α-hetero) is 1. The summed E-state index contributed by atoms with van der Waals surface area (Å²) >= 11 is 0. The smallest absolute Gasteiger partial charge is 0.160 e. The van der Waals surface area contributed by atoms with E-state index in [-0.39, 0.29) is 5.78 Å². The normalized spacial score (nSPS) is 10.4. The van der Waals surface area contributed by atoms with Crippen LogP contribution in [0, 0.1) is 13.8 Å². The minimum atomic E-state index is 0.0970. The molecule has 0 saturated carbocycles. The van der Waals surface area contributed by atoms with Gasteiger partial charge in [0.25, 0.3) is 0 Å². The molecule has 0 aliphatic carbocycles. The van der Waals surface area contributed by atoms with Crippen LogP contribution in [-0.2, 0) is 0 Å². The summed E-state index contributed by atoms with van der Waals surface area (Å²) in [5, 5.41) is 2.11. The first-order valence-corrected chi connectivity index (χ1v) is 10.2. The number of carbonyl (C=O) groups excluding carboxylic acids is 1. The minimum Gasteiger partial charge on any atom is -0.294 e. The topological polar surface area (TPSA) is 17.1 Å². The van der Waals surface area contributed by atoms with Crippen LogP contribution in [0.1, 0.15) is 42.3 Å². The number of hydrogen-bond donors (Lipinski definition) is 0. The lowest BCUT2D eigenvalue weighted by Crippen LogP contribution is -1.95. The van der Waals surface area contributed by atoms with Gasteiger partial charge in [-0.05, 0) is 77.1 Å². The van der Waals surface area contributed by atoms with Crippen molar-refractivity contribution >= 4 is 16.6 Å². The number of benzene rings is 4. The second-order valence-electron chi connectivity index (χ2n) is 7.18. The SMILES string of the molecule is CC.CC(=O)c1cc(-c2ccc(-c3ccc(C)c(C)c3)cc2)cc2ccccc12. The molecule has 1 nitrogen and oxygen atoms in total. The number of aryl methyl sites for hydroxylation is 2. The number of hydrogen-bond acceptors (Lipinski definition) is 1. The Labute approximate surface area is 174 Å². The van der Waals surface area contributed by atoms with E-state index in [1.807, 2.05) is 38.1 Å². The Bertz CT molecular complexity index is 1150. The molecule has 146 valence electrons. The lowest BCUT2D eigenvalue weighted by Gasteiger charge is -2.10. The number of fused-ring (bicyclic) bond motifs is 1. The van der Waals surface area contributed by atoms with E-state index in [2.05, 4.69) is 68.4 Å². The van der Waals surface area contributed by atoms with Crippen LogP contribution >= 0.6 is 0 Å². The Morgan fingerprint density at radius 3 is 1.83 bits per heavy atom. The average molecular weight is 381 g/mol. The van der Waals surface area contributed by atoms with Gasteiger partial charge in [-0.1, -0.05) is 80.6 Å². The van der Waals surface area contributed by atoms with Gasteiger partial charge in [-0.2, -0.15) is 0 Å². The van der Waals surface area contributed by atoms with E-state index in [0.717, 1.165) is 27.5 Å². The molecule has 0 heterocycles. The molecule has 0 radical (unpaired) electrons. The molecular formula is C28H28O. The van der Waals surface area contributed by atoms with Gasteiger partial charge in [-0.15, -0.1) is 0 Å². The van der Waals surface area contributed by atoms with Crippen molar-refractivity contribution in [1.82, 2.24) is 0 Å². The first-order valence-electron chi connectivity index (χ1n) is 10.2. The predicted molar refractivity (Wildman–Crippen MR) is 126 cm³/mol. The third-order valence-corrected chi connectivity index (χ3v) is 5.30. The maximum Gasteiger partial charge on any atom is 0.160 e. The maximum atomic E-state index is 12.1. The third-order valence-electron chi connectivity index (χ3n) is 5.30. The molecular weight excluding hydrogens is 352 g/mol. The zero-order chi connectivity index (χ0) is 21.0. The largest absolute Gasteiger partial charge is 0.294 e. The van der Waals surface area contributed by atoms with Crippen LogP contribution in [0.3, 0.4) is 0 Å². The lowest BCUT2D eigenvalue weighted by molar-refractivity contribution is 0.101. The van der Waals surface area contributed by atoms with Gasteiger partial charge >= 0.3 is 0 Å². The highest BCUT2D eigenvalue weighted by Gasteiger charge is 2.09. The molecule has 0 amide bonds. The molecule has 0 N–H and O–H groups in total. The van der Waals surface area contributed by atoms with Crippen molar-refractivity contribution in [3.05, 3.63) is 95.6 Å². The van der Waals surface area contributed by atoms with Gasteiger partial charge in [0, 0.05) is 5.56 Å². The summed E-state index contributed by atoms with van der Waals surface area (Å²) in [6.45, 7) is 9.91. The van der Waals surface area contributed by atoms with Gasteiger partial charge in [0.2, 0.25) is 0 Å². The molecule has 0 aliphatic rings. The lowest BCUT2D eigenvalue weighted by atomic mass is 9.94. The van der Waals surface area contributed by atoms with Crippen LogP contribution < -0.4 is 0 Å². The standard InChI is InChI=1S/C26H22O.C2H6/c1-17-8-9-22(14-18(17)2)20-10-12-21(13-11-20)24-15-23-6-4-5-7-25(23)26(16-24)19(3)27;1-2/h4-16H,1-3H3;1-2H3. The van der Waals surface area contributed by atoms with E-state index >= 15 is 0 Å². The van der Waals surface area contributed by atoms with E-state index < -0.39 is 0 Å². The summed E-state index contributed by atoms with van der Waals surface area (Å²) in [6, 6.07) is 27.4. The summed E-state index contributed by atoms with van der Waals surface area (Å²) in [4.78, 5) is 12.1. The highest BCUT2D eigenvalue weighted by molar-refractivity contribution is 6.08.